The number of nitriles is 1. The summed E-state index contributed by atoms with van der Waals surface area (Å²) in [7, 11) is 1.30. The Morgan fingerprint density at radius 1 is 1.64 bits per heavy atom. The molecular weight excluding hydrogens is 147 g/mol. The molecule has 0 fully saturated rings. The molecule has 0 bridgehead atoms. The largest absolute Gasteiger partial charge is 0.479 e. The zero-order valence-corrected chi connectivity index (χ0v) is 5.84. The Balaban J connectivity index is 3.15. The Bertz CT molecular complexity index is 306. The van der Waals surface area contributed by atoms with Gasteiger partial charge in [-0.05, 0) is 12.1 Å². The minimum Gasteiger partial charge on any atom is -0.479 e. The van der Waals surface area contributed by atoms with Crippen LogP contribution in [0.15, 0.2) is 12.1 Å². The third kappa shape index (κ3) is 1.44. The average molecular weight is 152 g/mol. The van der Waals surface area contributed by atoms with Crippen LogP contribution in [0.25, 0.3) is 0 Å². The molecule has 1 aromatic heterocycles. The smallest absolute Gasteiger partial charge is 0.251 e. The van der Waals surface area contributed by atoms with Crippen molar-refractivity contribution in [3.63, 3.8) is 0 Å². The third-order valence-electron chi connectivity index (χ3n) is 1.12. The summed E-state index contributed by atoms with van der Waals surface area (Å²) in [6.45, 7) is 0. The predicted octanol–water partition coefficient (Wildman–Crippen LogP) is 1.10. The number of aromatic nitrogens is 1. The fourth-order valence-corrected chi connectivity index (χ4v) is 0.629. The van der Waals surface area contributed by atoms with E-state index in [1.54, 1.807) is 6.07 Å². The lowest BCUT2D eigenvalue weighted by atomic mass is 10.4. The van der Waals surface area contributed by atoms with Gasteiger partial charge in [-0.2, -0.15) is 5.26 Å². The van der Waals surface area contributed by atoms with Crippen LogP contribution in [0.4, 0.5) is 4.39 Å². The number of pyridine rings is 1. The molecule has 0 saturated carbocycles. The molecule has 3 nitrogen and oxygen atoms in total. The quantitative estimate of drug-likeness (QED) is 0.605. The van der Waals surface area contributed by atoms with Gasteiger partial charge < -0.3 is 4.74 Å². The van der Waals surface area contributed by atoms with Gasteiger partial charge in [-0.3, -0.25) is 0 Å². The Labute approximate surface area is 63.1 Å². The lowest BCUT2D eigenvalue weighted by Gasteiger charge is -1.98. The van der Waals surface area contributed by atoms with E-state index in [4.69, 9.17) is 5.26 Å². The van der Waals surface area contributed by atoms with Gasteiger partial charge >= 0.3 is 0 Å². The van der Waals surface area contributed by atoms with Crippen LogP contribution in [0.3, 0.4) is 0 Å². The van der Waals surface area contributed by atoms with Crippen molar-refractivity contribution in [3.8, 4) is 11.9 Å². The molecule has 0 aliphatic carbocycles. The highest BCUT2D eigenvalue weighted by atomic mass is 19.1. The first-order valence-electron chi connectivity index (χ1n) is 2.88. The number of methoxy groups -OCH3 is 1. The van der Waals surface area contributed by atoms with Crippen LogP contribution in [0.5, 0.6) is 5.88 Å². The van der Waals surface area contributed by atoms with Gasteiger partial charge in [0, 0.05) is 0 Å². The zero-order valence-electron chi connectivity index (χ0n) is 5.84. The molecule has 0 N–H and O–H groups in total. The fourth-order valence-electron chi connectivity index (χ4n) is 0.629. The molecule has 1 heterocycles. The van der Waals surface area contributed by atoms with E-state index >= 15 is 0 Å². The molecular formula is C7H5FN2O. The molecule has 56 valence electrons. The van der Waals surface area contributed by atoms with Crippen molar-refractivity contribution in [2.75, 3.05) is 7.11 Å². The van der Waals surface area contributed by atoms with Crippen LogP contribution in [-0.2, 0) is 0 Å². The summed E-state index contributed by atoms with van der Waals surface area (Å²) in [6.07, 6.45) is 0. The molecule has 11 heavy (non-hydrogen) atoms. The highest BCUT2D eigenvalue weighted by molar-refractivity contribution is 5.25. The van der Waals surface area contributed by atoms with Gasteiger partial charge in [0.15, 0.2) is 5.82 Å². The van der Waals surface area contributed by atoms with E-state index in [0.29, 0.717) is 0 Å². The molecule has 0 radical (unpaired) electrons. The Hall–Kier alpha value is -1.63. The van der Waals surface area contributed by atoms with Crippen molar-refractivity contribution in [1.82, 2.24) is 4.98 Å². The fraction of sp³-hybridized carbons (Fsp3) is 0.143. The summed E-state index contributed by atoms with van der Waals surface area (Å²) in [5.74, 6) is -0.712. The summed E-state index contributed by atoms with van der Waals surface area (Å²) in [5.41, 5.74) is 0.142. The minimum absolute atomic E-state index is 0.142. The standard InChI is InChI=1S/C7H5FN2O/c1-11-7-6(8)3-2-5(4-9)10-7/h2-3H,1H3. The van der Waals surface area contributed by atoms with Crippen LogP contribution in [0.2, 0.25) is 0 Å². The molecule has 0 aromatic carbocycles. The van der Waals surface area contributed by atoms with E-state index in [-0.39, 0.29) is 11.6 Å². The molecule has 4 heteroatoms. The van der Waals surface area contributed by atoms with Gasteiger partial charge in [-0.1, -0.05) is 0 Å². The SMILES string of the molecule is COc1nc(C#N)ccc1F. The number of rotatable bonds is 1. The second-order valence-electron chi connectivity index (χ2n) is 1.80. The van der Waals surface area contributed by atoms with Crippen LogP contribution in [-0.4, -0.2) is 12.1 Å². The van der Waals surface area contributed by atoms with Crippen LogP contribution in [0.1, 0.15) is 5.69 Å². The van der Waals surface area contributed by atoms with Crippen LogP contribution < -0.4 is 4.74 Å². The molecule has 0 aliphatic heterocycles. The summed E-state index contributed by atoms with van der Waals surface area (Å²) in [6, 6.07) is 4.20. The maximum atomic E-state index is 12.6. The van der Waals surface area contributed by atoms with Crippen LogP contribution >= 0.6 is 0 Å². The summed E-state index contributed by atoms with van der Waals surface area (Å²) in [4.78, 5) is 3.55. The highest BCUT2D eigenvalue weighted by Crippen LogP contribution is 2.12. The summed E-state index contributed by atoms with van der Waals surface area (Å²) >= 11 is 0. The number of hydrogen-bond acceptors (Lipinski definition) is 3. The summed E-state index contributed by atoms with van der Waals surface area (Å²) in [5, 5.41) is 8.36. The van der Waals surface area contributed by atoms with E-state index in [1.807, 2.05) is 0 Å². The van der Waals surface area contributed by atoms with E-state index in [1.165, 1.54) is 13.2 Å². The molecule has 0 atom stereocenters. The van der Waals surface area contributed by atoms with Crippen molar-refractivity contribution in [1.29, 1.82) is 5.26 Å². The topological polar surface area (TPSA) is 45.9 Å². The first kappa shape index (κ1) is 7.48. The van der Waals surface area contributed by atoms with Gasteiger partial charge in [0.25, 0.3) is 5.88 Å². The lowest BCUT2D eigenvalue weighted by Crippen LogP contribution is -1.93. The van der Waals surface area contributed by atoms with Gasteiger partial charge in [0.1, 0.15) is 11.8 Å². The first-order chi connectivity index (χ1) is 5.27. The predicted molar refractivity (Wildman–Crippen MR) is 35.5 cm³/mol. The molecule has 0 unspecified atom stereocenters. The first-order valence-corrected chi connectivity index (χ1v) is 2.88. The maximum absolute atomic E-state index is 12.6. The van der Waals surface area contributed by atoms with E-state index in [0.717, 1.165) is 6.07 Å². The molecule has 0 spiro atoms. The van der Waals surface area contributed by atoms with Crippen molar-refractivity contribution in [3.05, 3.63) is 23.6 Å². The second-order valence-corrected chi connectivity index (χ2v) is 1.80. The number of nitrogens with zero attached hydrogens (tertiary/aromatic N) is 2. The van der Waals surface area contributed by atoms with Gasteiger partial charge in [0.05, 0.1) is 7.11 Å². The minimum atomic E-state index is -0.563. The average Bonchev–Trinajstić information content (AvgIpc) is 2.05. The Kier molecular flexibility index (Phi) is 2.02. The van der Waals surface area contributed by atoms with Crippen molar-refractivity contribution in [2.24, 2.45) is 0 Å². The van der Waals surface area contributed by atoms with Crippen molar-refractivity contribution < 1.29 is 9.13 Å². The summed E-state index contributed by atoms with van der Waals surface area (Å²) < 4.78 is 17.2. The zero-order chi connectivity index (χ0) is 8.27. The lowest BCUT2D eigenvalue weighted by molar-refractivity contribution is 0.368. The second kappa shape index (κ2) is 2.97. The normalized spacial score (nSPS) is 8.82. The van der Waals surface area contributed by atoms with Crippen LogP contribution in [0, 0.1) is 17.1 Å². The van der Waals surface area contributed by atoms with Crippen molar-refractivity contribution >= 4 is 0 Å². The van der Waals surface area contributed by atoms with E-state index in [9.17, 15) is 4.39 Å². The monoisotopic (exact) mass is 152 g/mol. The highest BCUT2D eigenvalue weighted by Gasteiger charge is 2.03. The van der Waals surface area contributed by atoms with E-state index < -0.39 is 5.82 Å². The molecule has 0 aliphatic rings. The molecule has 0 amide bonds. The Morgan fingerprint density at radius 3 is 2.91 bits per heavy atom. The number of halogens is 1. The maximum Gasteiger partial charge on any atom is 0.251 e. The Morgan fingerprint density at radius 2 is 2.36 bits per heavy atom. The van der Waals surface area contributed by atoms with Gasteiger partial charge in [-0.25, -0.2) is 9.37 Å². The number of ether oxygens (including phenoxy) is 1. The number of hydrogen-bond donors (Lipinski definition) is 0. The third-order valence-corrected chi connectivity index (χ3v) is 1.12. The van der Waals surface area contributed by atoms with E-state index in [2.05, 4.69) is 9.72 Å². The molecule has 1 aromatic rings. The van der Waals surface area contributed by atoms with Crippen molar-refractivity contribution in [2.45, 2.75) is 0 Å². The molecule has 1 rings (SSSR count). The van der Waals surface area contributed by atoms with Gasteiger partial charge in [0.2, 0.25) is 0 Å². The molecule has 0 saturated heterocycles. The van der Waals surface area contributed by atoms with Gasteiger partial charge in [-0.15, -0.1) is 0 Å².